The van der Waals surface area contributed by atoms with E-state index in [1.807, 2.05) is 31.2 Å². The predicted octanol–water partition coefficient (Wildman–Crippen LogP) is 5.31. The molecule has 0 aliphatic rings. The molecule has 0 aromatic heterocycles. The minimum absolute atomic E-state index is 0.0265. The van der Waals surface area contributed by atoms with Crippen molar-refractivity contribution < 1.29 is 9.13 Å². The summed E-state index contributed by atoms with van der Waals surface area (Å²) in [5.41, 5.74) is 1.57. The monoisotopic (exact) mass is 313 g/mol. The molecule has 2 aromatic carbocycles. The molecule has 5 heteroatoms. The molecule has 2 rings (SSSR count). The van der Waals surface area contributed by atoms with Crippen LogP contribution in [0, 0.1) is 5.82 Å². The van der Waals surface area contributed by atoms with Crippen LogP contribution in [-0.4, -0.2) is 7.11 Å². The van der Waals surface area contributed by atoms with Gasteiger partial charge in [0, 0.05) is 6.04 Å². The number of benzene rings is 2. The topological polar surface area (TPSA) is 21.3 Å². The first-order chi connectivity index (χ1) is 9.51. The Morgan fingerprint density at radius 2 is 1.65 bits per heavy atom. The van der Waals surface area contributed by atoms with Crippen LogP contribution in [0.4, 0.5) is 10.1 Å². The van der Waals surface area contributed by atoms with Gasteiger partial charge in [-0.05, 0) is 36.8 Å². The molecule has 2 nitrogen and oxygen atoms in total. The first kappa shape index (κ1) is 14.9. The van der Waals surface area contributed by atoms with Gasteiger partial charge in [-0.2, -0.15) is 0 Å². The highest BCUT2D eigenvalue weighted by Crippen LogP contribution is 2.34. The van der Waals surface area contributed by atoms with Crippen LogP contribution in [0.5, 0.6) is 5.75 Å². The first-order valence-electron chi connectivity index (χ1n) is 6.06. The third-order valence-corrected chi connectivity index (χ3v) is 3.58. The van der Waals surface area contributed by atoms with Crippen LogP contribution in [0.2, 0.25) is 10.0 Å². The number of halogens is 3. The molecule has 0 spiro atoms. The lowest BCUT2D eigenvalue weighted by Gasteiger charge is -2.18. The molecule has 0 heterocycles. The van der Waals surface area contributed by atoms with E-state index in [0.29, 0.717) is 5.69 Å². The molecule has 0 aliphatic carbocycles. The zero-order valence-electron chi connectivity index (χ0n) is 11.1. The number of ether oxygens (including phenoxy) is 1. The average Bonchev–Trinajstić information content (AvgIpc) is 2.42. The first-order valence-corrected chi connectivity index (χ1v) is 6.82. The third kappa shape index (κ3) is 3.35. The van der Waals surface area contributed by atoms with Gasteiger partial charge in [0.25, 0.3) is 0 Å². The largest absolute Gasteiger partial charge is 0.497 e. The summed E-state index contributed by atoms with van der Waals surface area (Å²) in [6.45, 7) is 1.97. The Kier molecular flexibility index (Phi) is 4.73. The van der Waals surface area contributed by atoms with Crippen molar-refractivity contribution in [2.75, 3.05) is 12.4 Å². The summed E-state index contributed by atoms with van der Waals surface area (Å²) in [5.74, 6) is 0.335. The fraction of sp³-hybridized carbons (Fsp3) is 0.200. The maximum atomic E-state index is 13.1. The SMILES string of the molecule is COc1ccc(C(C)Nc2c(Cl)cc(F)cc2Cl)cc1. The van der Waals surface area contributed by atoms with Crippen molar-refractivity contribution in [2.45, 2.75) is 13.0 Å². The molecule has 0 saturated carbocycles. The minimum atomic E-state index is -0.456. The quantitative estimate of drug-likeness (QED) is 0.825. The highest BCUT2D eigenvalue weighted by molar-refractivity contribution is 6.39. The smallest absolute Gasteiger partial charge is 0.126 e. The maximum absolute atomic E-state index is 13.1. The van der Waals surface area contributed by atoms with Gasteiger partial charge in [0.05, 0.1) is 22.8 Å². The van der Waals surface area contributed by atoms with Crippen molar-refractivity contribution in [1.29, 1.82) is 0 Å². The van der Waals surface area contributed by atoms with Gasteiger partial charge < -0.3 is 10.1 Å². The number of nitrogens with one attached hydrogen (secondary N) is 1. The molecule has 2 aromatic rings. The predicted molar refractivity (Wildman–Crippen MR) is 81.5 cm³/mol. The Balaban J connectivity index is 2.20. The van der Waals surface area contributed by atoms with Crippen LogP contribution >= 0.6 is 23.2 Å². The van der Waals surface area contributed by atoms with E-state index in [9.17, 15) is 4.39 Å². The average molecular weight is 314 g/mol. The molecule has 0 saturated heterocycles. The van der Waals surface area contributed by atoms with Gasteiger partial charge in [-0.25, -0.2) is 4.39 Å². The van der Waals surface area contributed by atoms with Gasteiger partial charge in [0.15, 0.2) is 0 Å². The lowest BCUT2D eigenvalue weighted by Crippen LogP contribution is -2.07. The van der Waals surface area contributed by atoms with Crippen LogP contribution < -0.4 is 10.1 Å². The summed E-state index contributed by atoms with van der Waals surface area (Å²) in [4.78, 5) is 0. The highest BCUT2D eigenvalue weighted by Gasteiger charge is 2.12. The molecule has 20 heavy (non-hydrogen) atoms. The fourth-order valence-corrected chi connectivity index (χ4v) is 2.44. The fourth-order valence-electron chi connectivity index (χ4n) is 1.87. The molecule has 1 atom stereocenters. The lowest BCUT2D eigenvalue weighted by atomic mass is 10.1. The van der Waals surface area contributed by atoms with E-state index in [-0.39, 0.29) is 16.1 Å². The summed E-state index contributed by atoms with van der Waals surface area (Å²) in [6.07, 6.45) is 0. The molecule has 1 N–H and O–H groups in total. The normalized spacial score (nSPS) is 12.1. The molecule has 106 valence electrons. The molecule has 0 radical (unpaired) electrons. The van der Waals surface area contributed by atoms with Crippen LogP contribution in [0.15, 0.2) is 36.4 Å². The molecule has 0 bridgehead atoms. The maximum Gasteiger partial charge on any atom is 0.126 e. The standard InChI is InChI=1S/C15H14Cl2FNO/c1-9(10-3-5-12(20-2)6-4-10)19-15-13(16)7-11(18)8-14(15)17/h3-9,19H,1-2H3. The van der Waals surface area contributed by atoms with Crippen LogP contribution in [0.1, 0.15) is 18.5 Å². The number of anilines is 1. The van der Waals surface area contributed by atoms with Gasteiger partial charge >= 0.3 is 0 Å². The van der Waals surface area contributed by atoms with Gasteiger partial charge in [-0.1, -0.05) is 35.3 Å². The number of hydrogen-bond acceptors (Lipinski definition) is 2. The number of rotatable bonds is 4. The van der Waals surface area contributed by atoms with Crippen molar-refractivity contribution in [3.05, 3.63) is 57.8 Å². The number of methoxy groups -OCH3 is 1. The van der Waals surface area contributed by atoms with Crippen molar-refractivity contribution in [1.82, 2.24) is 0 Å². The zero-order valence-corrected chi connectivity index (χ0v) is 12.6. The summed E-state index contributed by atoms with van der Waals surface area (Å²) in [6, 6.07) is 10.1. The van der Waals surface area contributed by atoms with Crippen molar-refractivity contribution >= 4 is 28.9 Å². The Bertz CT molecular complexity index is 578. The zero-order chi connectivity index (χ0) is 14.7. The van der Waals surface area contributed by atoms with Crippen LogP contribution in [0.25, 0.3) is 0 Å². The van der Waals surface area contributed by atoms with E-state index in [4.69, 9.17) is 27.9 Å². The molecule has 0 amide bonds. The summed E-state index contributed by atoms with van der Waals surface area (Å²) < 4.78 is 18.3. The van der Waals surface area contributed by atoms with E-state index < -0.39 is 5.82 Å². The van der Waals surface area contributed by atoms with Gasteiger partial charge in [-0.15, -0.1) is 0 Å². The molecular weight excluding hydrogens is 300 g/mol. The second-order valence-corrected chi connectivity index (χ2v) is 5.20. The molecular formula is C15H14Cl2FNO. The van der Waals surface area contributed by atoms with E-state index in [0.717, 1.165) is 11.3 Å². The van der Waals surface area contributed by atoms with Crippen molar-refractivity contribution in [3.8, 4) is 5.75 Å². The van der Waals surface area contributed by atoms with Crippen LogP contribution in [-0.2, 0) is 0 Å². The minimum Gasteiger partial charge on any atom is -0.497 e. The van der Waals surface area contributed by atoms with E-state index in [1.165, 1.54) is 12.1 Å². The Morgan fingerprint density at radius 3 is 2.15 bits per heavy atom. The number of hydrogen-bond donors (Lipinski definition) is 1. The second kappa shape index (κ2) is 6.33. The van der Waals surface area contributed by atoms with Gasteiger partial charge in [-0.3, -0.25) is 0 Å². The highest BCUT2D eigenvalue weighted by atomic mass is 35.5. The molecule has 0 fully saturated rings. The van der Waals surface area contributed by atoms with E-state index in [1.54, 1.807) is 7.11 Å². The van der Waals surface area contributed by atoms with E-state index in [2.05, 4.69) is 5.32 Å². The summed E-state index contributed by atoms with van der Waals surface area (Å²) >= 11 is 12.0. The Hall–Kier alpha value is -1.45. The Morgan fingerprint density at radius 1 is 1.10 bits per heavy atom. The molecule has 0 aliphatic heterocycles. The lowest BCUT2D eigenvalue weighted by molar-refractivity contribution is 0.414. The van der Waals surface area contributed by atoms with E-state index >= 15 is 0 Å². The summed E-state index contributed by atoms with van der Waals surface area (Å²) in [7, 11) is 1.62. The second-order valence-electron chi connectivity index (χ2n) is 4.38. The van der Waals surface area contributed by atoms with Gasteiger partial charge in [0.1, 0.15) is 11.6 Å². The third-order valence-electron chi connectivity index (χ3n) is 2.98. The van der Waals surface area contributed by atoms with Crippen LogP contribution in [0.3, 0.4) is 0 Å². The van der Waals surface area contributed by atoms with Crippen molar-refractivity contribution in [2.24, 2.45) is 0 Å². The van der Waals surface area contributed by atoms with Gasteiger partial charge in [0.2, 0.25) is 0 Å². The van der Waals surface area contributed by atoms with Crippen molar-refractivity contribution in [3.63, 3.8) is 0 Å². The Labute approximate surface area is 127 Å². The summed E-state index contributed by atoms with van der Waals surface area (Å²) in [5, 5.41) is 3.71. The molecule has 1 unspecified atom stereocenters.